The fourth-order valence-corrected chi connectivity index (χ4v) is 1.42. The SMILES string of the molecule is CCCCc1ccc(N/C=C/C(=O)OC)cc1. The highest BCUT2D eigenvalue weighted by molar-refractivity contribution is 5.82. The Kier molecular flexibility index (Phi) is 5.86. The van der Waals surface area contributed by atoms with Crippen LogP contribution in [-0.4, -0.2) is 13.1 Å². The van der Waals surface area contributed by atoms with Gasteiger partial charge in [-0.1, -0.05) is 25.5 Å². The molecule has 3 nitrogen and oxygen atoms in total. The van der Waals surface area contributed by atoms with Crippen LogP contribution in [0, 0.1) is 0 Å². The van der Waals surface area contributed by atoms with Crippen molar-refractivity contribution in [3.63, 3.8) is 0 Å². The van der Waals surface area contributed by atoms with E-state index < -0.39 is 0 Å². The van der Waals surface area contributed by atoms with Crippen LogP contribution in [0.5, 0.6) is 0 Å². The van der Waals surface area contributed by atoms with Crippen LogP contribution in [0.4, 0.5) is 5.69 Å². The number of hydrogen-bond donors (Lipinski definition) is 1. The van der Waals surface area contributed by atoms with Gasteiger partial charge in [0.1, 0.15) is 0 Å². The van der Waals surface area contributed by atoms with Gasteiger partial charge in [-0.3, -0.25) is 0 Å². The zero-order valence-electron chi connectivity index (χ0n) is 10.4. The van der Waals surface area contributed by atoms with Gasteiger partial charge in [0.05, 0.1) is 7.11 Å². The number of unbranched alkanes of at least 4 members (excludes halogenated alkanes) is 1. The molecule has 0 saturated carbocycles. The number of benzene rings is 1. The van der Waals surface area contributed by atoms with Crippen LogP contribution >= 0.6 is 0 Å². The molecule has 0 fully saturated rings. The molecule has 0 unspecified atom stereocenters. The molecule has 0 aliphatic rings. The van der Waals surface area contributed by atoms with Crippen LogP contribution in [0.2, 0.25) is 0 Å². The lowest BCUT2D eigenvalue weighted by atomic mass is 10.1. The fraction of sp³-hybridized carbons (Fsp3) is 0.357. The Labute approximate surface area is 102 Å². The minimum Gasteiger partial charge on any atom is -0.466 e. The Hall–Kier alpha value is -1.77. The third-order valence-corrected chi connectivity index (χ3v) is 2.44. The molecular formula is C14H19NO2. The summed E-state index contributed by atoms with van der Waals surface area (Å²) in [6.07, 6.45) is 6.48. The number of nitrogens with one attached hydrogen (secondary N) is 1. The van der Waals surface area contributed by atoms with Crippen molar-refractivity contribution >= 4 is 11.7 Å². The lowest BCUT2D eigenvalue weighted by molar-refractivity contribution is -0.134. The molecule has 1 rings (SSSR count). The molecule has 0 spiro atoms. The second kappa shape index (κ2) is 7.49. The van der Waals surface area contributed by atoms with E-state index in [2.05, 4.69) is 29.1 Å². The van der Waals surface area contributed by atoms with Crippen molar-refractivity contribution in [2.45, 2.75) is 26.2 Å². The molecule has 0 atom stereocenters. The van der Waals surface area contributed by atoms with Gasteiger partial charge < -0.3 is 10.1 Å². The van der Waals surface area contributed by atoms with Gasteiger partial charge in [0.2, 0.25) is 0 Å². The molecule has 0 saturated heterocycles. The highest BCUT2D eigenvalue weighted by Gasteiger charge is 1.94. The Morgan fingerprint density at radius 2 is 2.06 bits per heavy atom. The largest absolute Gasteiger partial charge is 0.466 e. The van der Waals surface area contributed by atoms with E-state index in [4.69, 9.17) is 0 Å². The average molecular weight is 233 g/mol. The van der Waals surface area contributed by atoms with Crippen LogP contribution in [-0.2, 0) is 16.0 Å². The quantitative estimate of drug-likeness (QED) is 0.606. The molecule has 3 heteroatoms. The van der Waals surface area contributed by atoms with Crippen molar-refractivity contribution < 1.29 is 9.53 Å². The number of methoxy groups -OCH3 is 1. The molecule has 0 bridgehead atoms. The molecule has 0 aromatic heterocycles. The molecule has 0 aliphatic carbocycles. The Balaban J connectivity index is 2.45. The molecule has 0 heterocycles. The van der Waals surface area contributed by atoms with Gasteiger partial charge in [0, 0.05) is 18.0 Å². The predicted molar refractivity (Wildman–Crippen MR) is 69.8 cm³/mol. The number of esters is 1. The fourth-order valence-electron chi connectivity index (χ4n) is 1.42. The number of rotatable bonds is 6. The maximum absolute atomic E-state index is 10.8. The first-order valence-electron chi connectivity index (χ1n) is 5.86. The van der Waals surface area contributed by atoms with Crippen molar-refractivity contribution in [1.82, 2.24) is 0 Å². The molecule has 1 N–H and O–H groups in total. The van der Waals surface area contributed by atoms with E-state index in [9.17, 15) is 4.79 Å². The van der Waals surface area contributed by atoms with Crippen LogP contribution in [0.25, 0.3) is 0 Å². The number of carbonyl (C=O) groups is 1. The van der Waals surface area contributed by atoms with Crippen molar-refractivity contribution in [2.24, 2.45) is 0 Å². The van der Waals surface area contributed by atoms with E-state index in [0.717, 1.165) is 12.1 Å². The van der Waals surface area contributed by atoms with Crippen molar-refractivity contribution in [2.75, 3.05) is 12.4 Å². The van der Waals surface area contributed by atoms with Crippen molar-refractivity contribution in [3.05, 3.63) is 42.1 Å². The summed E-state index contributed by atoms with van der Waals surface area (Å²) in [6, 6.07) is 8.22. The topological polar surface area (TPSA) is 38.3 Å². The third-order valence-electron chi connectivity index (χ3n) is 2.44. The summed E-state index contributed by atoms with van der Waals surface area (Å²) in [4.78, 5) is 10.8. The maximum Gasteiger partial charge on any atom is 0.331 e. The maximum atomic E-state index is 10.8. The Morgan fingerprint density at radius 3 is 2.65 bits per heavy atom. The number of hydrogen-bond acceptors (Lipinski definition) is 3. The van der Waals surface area contributed by atoms with Crippen LogP contribution in [0.3, 0.4) is 0 Å². The number of ether oxygens (including phenoxy) is 1. The van der Waals surface area contributed by atoms with Crippen LogP contribution < -0.4 is 5.32 Å². The Morgan fingerprint density at radius 1 is 1.35 bits per heavy atom. The average Bonchev–Trinajstić information content (AvgIpc) is 2.37. The highest BCUT2D eigenvalue weighted by atomic mass is 16.5. The molecule has 0 radical (unpaired) electrons. The second-order valence-electron chi connectivity index (χ2n) is 3.80. The summed E-state index contributed by atoms with van der Waals surface area (Å²) in [5.41, 5.74) is 2.31. The number of anilines is 1. The first-order chi connectivity index (χ1) is 8.26. The van der Waals surface area contributed by atoms with E-state index in [0.29, 0.717) is 0 Å². The lowest BCUT2D eigenvalue weighted by Crippen LogP contribution is -1.96. The molecular weight excluding hydrogens is 214 g/mol. The monoisotopic (exact) mass is 233 g/mol. The van der Waals surface area contributed by atoms with Gasteiger partial charge in [0.25, 0.3) is 0 Å². The first-order valence-corrected chi connectivity index (χ1v) is 5.86. The summed E-state index contributed by atoms with van der Waals surface area (Å²) in [6.45, 7) is 2.19. The van der Waals surface area contributed by atoms with Crippen LogP contribution in [0.15, 0.2) is 36.5 Å². The van der Waals surface area contributed by atoms with Gasteiger partial charge in [0.15, 0.2) is 0 Å². The van der Waals surface area contributed by atoms with E-state index in [1.807, 2.05) is 12.1 Å². The highest BCUT2D eigenvalue weighted by Crippen LogP contribution is 2.11. The lowest BCUT2D eigenvalue weighted by Gasteiger charge is -2.03. The number of carbonyl (C=O) groups excluding carboxylic acids is 1. The molecule has 0 amide bonds. The first kappa shape index (κ1) is 13.3. The summed E-state index contributed by atoms with van der Waals surface area (Å²) in [5.74, 6) is -0.364. The minimum atomic E-state index is -0.364. The summed E-state index contributed by atoms with van der Waals surface area (Å²) >= 11 is 0. The van der Waals surface area contributed by atoms with Gasteiger partial charge in [-0.15, -0.1) is 0 Å². The van der Waals surface area contributed by atoms with E-state index in [1.165, 1.54) is 31.6 Å². The summed E-state index contributed by atoms with van der Waals surface area (Å²) in [7, 11) is 1.36. The molecule has 0 aliphatic heterocycles. The number of aryl methyl sites for hydroxylation is 1. The Bertz CT molecular complexity index is 368. The standard InChI is InChI=1S/C14H19NO2/c1-3-4-5-12-6-8-13(9-7-12)15-11-10-14(16)17-2/h6-11,15H,3-5H2,1-2H3/b11-10+. The normalized spacial score (nSPS) is 10.5. The van der Waals surface area contributed by atoms with E-state index >= 15 is 0 Å². The van der Waals surface area contributed by atoms with Gasteiger partial charge in [-0.2, -0.15) is 0 Å². The van der Waals surface area contributed by atoms with Crippen molar-refractivity contribution in [3.8, 4) is 0 Å². The minimum absolute atomic E-state index is 0.364. The smallest absolute Gasteiger partial charge is 0.331 e. The molecule has 92 valence electrons. The second-order valence-corrected chi connectivity index (χ2v) is 3.80. The molecule has 1 aromatic carbocycles. The molecule has 1 aromatic rings. The van der Waals surface area contributed by atoms with Gasteiger partial charge in [-0.05, 0) is 30.5 Å². The van der Waals surface area contributed by atoms with Gasteiger partial charge in [-0.25, -0.2) is 4.79 Å². The van der Waals surface area contributed by atoms with Crippen molar-refractivity contribution in [1.29, 1.82) is 0 Å². The van der Waals surface area contributed by atoms with Crippen LogP contribution in [0.1, 0.15) is 25.3 Å². The summed E-state index contributed by atoms with van der Waals surface area (Å²) < 4.78 is 4.49. The molecule has 17 heavy (non-hydrogen) atoms. The van der Waals surface area contributed by atoms with E-state index in [-0.39, 0.29) is 5.97 Å². The zero-order chi connectivity index (χ0) is 12.5. The van der Waals surface area contributed by atoms with Gasteiger partial charge >= 0.3 is 5.97 Å². The predicted octanol–water partition coefficient (Wildman–Crippen LogP) is 3.13. The third kappa shape index (κ3) is 5.20. The van der Waals surface area contributed by atoms with E-state index in [1.54, 1.807) is 6.20 Å². The summed E-state index contributed by atoms with van der Waals surface area (Å²) in [5, 5.41) is 3.01. The zero-order valence-corrected chi connectivity index (χ0v) is 10.4.